The number of ether oxygens (including phenoxy) is 1. The molecule has 0 aromatic heterocycles. The molecule has 9 heteroatoms. The summed E-state index contributed by atoms with van der Waals surface area (Å²) in [4.78, 5) is 58.5. The fourth-order valence-electron chi connectivity index (χ4n) is 2.48. The van der Waals surface area contributed by atoms with E-state index in [4.69, 9.17) is 4.74 Å². The smallest absolute Gasteiger partial charge is 0.306 e. The zero-order valence-electron chi connectivity index (χ0n) is 17.0. The molecular weight excluding hydrogens is 402 g/mol. The maximum atomic E-state index is 11.9. The van der Waals surface area contributed by atoms with E-state index >= 15 is 0 Å². The third-order valence-corrected chi connectivity index (χ3v) is 4.05. The highest BCUT2D eigenvalue weighted by molar-refractivity contribution is 5.97. The lowest BCUT2D eigenvalue weighted by Crippen LogP contribution is -2.41. The van der Waals surface area contributed by atoms with E-state index in [-0.39, 0.29) is 25.0 Å². The first kappa shape index (κ1) is 23.3. The summed E-state index contributed by atoms with van der Waals surface area (Å²) in [6.07, 6.45) is 0.121. The molecule has 3 N–H and O–H groups in total. The van der Waals surface area contributed by atoms with Crippen LogP contribution in [-0.2, 0) is 19.1 Å². The van der Waals surface area contributed by atoms with Gasteiger partial charge in [0.05, 0.1) is 0 Å². The van der Waals surface area contributed by atoms with E-state index in [0.29, 0.717) is 16.8 Å². The first-order valence-electron chi connectivity index (χ1n) is 9.56. The number of carbonyl (C=O) groups excluding carboxylic acids is 5. The van der Waals surface area contributed by atoms with Crippen LogP contribution in [-0.4, -0.2) is 36.1 Å². The fourth-order valence-corrected chi connectivity index (χ4v) is 2.48. The summed E-state index contributed by atoms with van der Waals surface area (Å²) in [5, 5.41) is 2.53. The molecular formula is C22H23N3O6. The van der Waals surface area contributed by atoms with Gasteiger partial charge in [0, 0.05) is 29.7 Å². The summed E-state index contributed by atoms with van der Waals surface area (Å²) in [5.74, 6) is -2.22. The fraction of sp³-hybridized carbons (Fsp3) is 0.227. The Balaban J connectivity index is 1.61. The highest BCUT2D eigenvalue weighted by Gasteiger charge is 2.11. The van der Waals surface area contributed by atoms with Crippen LogP contribution >= 0.6 is 0 Å². The van der Waals surface area contributed by atoms with Crippen LogP contribution in [0.1, 0.15) is 46.9 Å². The summed E-state index contributed by atoms with van der Waals surface area (Å²) in [7, 11) is 0. The van der Waals surface area contributed by atoms with Gasteiger partial charge in [0.25, 0.3) is 11.8 Å². The van der Waals surface area contributed by atoms with Crippen molar-refractivity contribution < 1.29 is 28.7 Å². The predicted molar refractivity (Wildman–Crippen MR) is 112 cm³/mol. The number of ketones is 1. The number of nitrogens with one attached hydrogen (secondary N) is 3. The molecule has 2 aromatic carbocycles. The number of hydrogen-bond acceptors (Lipinski definition) is 6. The van der Waals surface area contributed by atoms with E-state index in [1.807, 2.05) is 0 Å². The lowest BCUT2D eigenvalue weighted by atomic mass is 10.1. The van der Waals surface area contributed by atoms with Crippen molar-refractivity contribution in [2.24, 2.45) is 0 Å². The van der Waals surface area contributed by atoms with E-state index in [2.05, 4.69) is 16.2 Å². The molecule has 2 rings (SSSR count). The Morgan fingerprint density at radius 2 is 1.52 bits per heavy atom. The predicted octanol–water partition coefficient (Wildman–Crippen LogP) is 2.00. The highest BCUT2D eigenvalue weighted by Crippen LogP contribution is 2.11. The number of benzene rings is 2. The molecule has 0 atom stereocenters. The molecule has 0 bridgehead atoms. The summed E-state index contributed by atoms with van der Waals surface area (Å²) in [6, 6.07) is 14.8. The van der Waals surface area contributed by atoms with Gasteiger partial charge in [-0.15, -0.1) is 0 Å². The maximum Gasteiger partial charge on any atom is 0.306 e. The number of amides is 3. The van der Waals surface area contributed by atoms with Crippen molar-refractivity contribution in [3.63, 3.8) is 0 Å². The Bertz CT molecular complexity index is 959. The van der Waals surface area contributed by atoms with Gasteiger partial charge >= 0.3 is 5.97 Å². The zero-order valence-corrected chi connectivity index (χ0v) is 17.0. The standard InChI is InChI=1S/C22H23N3O6/c1-15(26)17-9-5-10-18(13-17)23-20(28)14-31-21(29)12-6-11-19(27)24-25-22(30)16-7-3-2-4-8-16/h2-5,7-10,13H,6,11-12,14H2,1H3,(H,23,28)(H,24,27)(H,25,30). The molecule has 2 aromatic rings. The number of esters is 1. The van der Waals surface area contributed by atoms with Gasteiger partial charge in [0.1, 0.15) is 0 Å². The van der Waals surface area contributed by atoms with Gasteiger partial charge in [-0.05, 0) is 37.6 Å². The van der Waals surface area contributed by atoms with Gasteiger partial charge in [0.15, 0.2) is 12.4 Å². The number of carbonyl (C=O) groups is 5. The normalized spacial score (nSPS) is 9.97. The van der Waals surface area contributed by atoms with Crippen molar-refractivity contribution >= 4 is 35.2 Å². The van der Waals surface area contributed by atoms with Crippen LogP contribution in [0.2, 0.25) is 0 Å². The van der Waals surface area contributed by atoms with E-state index in [1.165, 1.54) is 13.0 Å². The number of hydrazine groups is 1. The lowest BCUT2D eigenvalue weighted by molar-refractivity contribution is -0.147. The number of anilines is 1. The Kier molecular flexibility index (Phi) is 8.90. The quantitative estimate of drug-likeness (QED) is 0.320. The van der Waals surface area contributed by atoms with Gasteiger partial charge in [-0.1, -0.05) is 30.3 Å². The van der Waals surface area contributed by atoms with Gasteiger partial charge in [0.2, 0.25) is 5.91 Å². The third-order valence-electron chi connectivity index (χ3n) is 4.05. The third kappa shape index (κ3) is 8.48. The molecule has 162 valence electrons. The number of hydrogen-bond donors (Lipinski definition) is 3. The van der Waals surface area contributed by atoms with Gasteiger partial charge in [-0.2, -0.15) is 0 Å². The van der Waals surface area contributed by atoms with E-state index in [0.717, 1.165) is 0 Å². The number of Topliss-reactive ketones (excluding diaryl/α,β-unsaturated/α-hetero) is 1. The molecule has 0 aliphatic rings. The van der Waals surface area contributed by atoms with E-state index < -0.39 is 30.3 Å². The Labute approximate surface area is 179 Å². The average Bonchev–Trinajstić information content (AvgIpc) is 2.76. The molecule has 0 unspecified atom stereocenters. The zero-order chi connectivity index (χ0) is 22.6. The summed E-state index contributed by atoms with van der Waals surface area (Å²) >= 11 is 0. The Morgan fingerprint density at radius 3 is 2.23 bits per heavy atom. The topological polar surface area (TPSA) is 131 Å². The summed E-state index contributed by atoms with van der Waals surface area (Å²) in [6.45, 7) is 0.933. The van der Waals surface area contributed by atoms with Crippen LogP contribution in [0, 0.1) is 0 Å². The van der Waals surface area contributed by atoms with E-state index in [9.17, 15) is 24.0 Å². The van der Waals surface area contributed by atoms with Crippen molar-refractivity contribution in [2.45, 2.75) is 26.2 Å². The van der Waals surface area contributed by atoms with Crippen LogP contribution in [0.4, 0.5) is 5.69 Å². The van der Waals surface area contributed by atoms with Crippen molar-refractivity contribution in [2.75, 3.05) is 11.9 Å². The molecule has 0 radical (unpaired) electrons. The summed E-state index contributed by atoms with van der Waals surface area (Å²) in [5.41, 5.74) is 5.82. The van der Waals surface area contributed by atoms with Crippen LogP contribution in [0.25, 0.3) is 0 Å². The monoisotopic (exact) mass is 425 g/mol. The minimum atomic E-state index is -0.631. The van der Waals surface area contributed by atoms with Crippen molar-refractivity contribution in [3.05, 3.63) is 65.7 Å². The molecule has 0 fully saturated rings. The van der Waals surface area contributed by atoms with Gasteiger partial charge in [-0.3, -0.25) is 34.8 Å². The molecule has 9 nitrogen and oxygen atoms in total. The second-order valence-electron chi connectivity index (χ2n) is 6.57. The molecule has 0 heterocycles. The van der Waals surface area contributed by atoms with Crippen molar-refractivity contribution in [1.29, 1.82) is 0 Å². The second-order valence-corrected chi connectivity index (χ2v) is 6.57. The van der Waals surface area contributed by atoms with Crippen LogP contribution in [0.15, 0.2) is 54.6 Å². The van der Waals surface area contributed by atoms with E-state index in [1.54, 1.807) is 48.5 Å². The Morgan fingerprint density at radius 1 is 0.806 bits per heavy atom. The molecule has 0 aliphatic carbocycles. The lowest BCUT2D eigenvalue weighted by Gasteiger charge is -2.08. The minimum absolute atomic E-state index is 0.00575. The minimum Gasteiger partial charge on any atom is -0.456 e. The molecule has 0 aliphatic heterocycles. The van der Waals surface area contributed by atoms with Crippen LogP contribution < -0.4 is 16.2 Å². The van der Waals surface area contributed by atoms with Gasteiger partial charge in [-0.25, -0.2) is 0 Å². The van der Waals surface area contributed by atoms with Crippen LogP contribution in [0.5, 0.6) is 0 Å². The van der Waals surface area contributed by atoms with Gasteiger partial charge < -0.3 is 10.1 Å². The maximum absolute atomic E-state index is 11.9. The first-order valence-corrected chi connectivity index (χ1v) is 9.56. The van der Waals surface area contributed by atoms with Crippen molar-refractivity contribution in [1.82, 2.24) is 10.9 Å². The molecule has 3 amide bonds. The molecule has 0 saturated carbocycles. The Hall–Kier alpha value is -4.01. The average molecular weight is 425 g/mol. The molecule has 0 spiro atoms. The molecule has 31 heavy (non-hydrogen) atoms. The first-order chi connectivity index (χ1) is 14.8. The SMILES string of the molecule is CC(=O)c1cccc(NC(=O)COC(=O)CCCC(=O)NNC(=O)c2ccccc2)c1. The highest BCUT2D eigenvalue weighted by atomic mass is 16.5. The largest absolute Gasteiger partial charge is 0.456 e. The number of rotatable bonds is 9. The summed E-state index contributed by atoms with van der Waals surface area (Å²) < 4.78 is 4.87. The molecule has 0 saturated heterocycles. The second kappa shape index (κ2) is 11.9. The van der Waals surface area contributed by atoms with Crippen LogP contribution in [0.3, 0.4) is 0 Å². The van der Waals surface area contributed by atoms with Crippen molar-refractivity contribution in [3.8, 4) is 0 Å².